The molecule has 4 atom stereocenters. The number of hydrogen-bond acceptors (Lipinski definition) is 7. The predicted octanol–water partition coefficient (Wildman–Crippen LogP) is -1.67. The highest BCUT2D eigenvalue weighted by atomic mass is 32.1. The highest BCUT2D eigenvalue weighted by Gasteiger charge is 2.38. The third kappa shape index (κ3) is 6.64. The van der Waals surface area contributed by atoms with Crippen LogP contribution in [0.25, 0.3) is 0 Å². The lowest BCUT2D eigenvalue weighted by atomic mass is 10.0. The van der Waals surface area contributed by atoms with Gasteiger partial charge >= 0.3 is 5.97 Å². The first-order valence-electron chi connectivity index (χ1n) is 9.23. The van der Waals surface area contributed by atoms with Crippen molar-refractivity contribution in [1.29, 1.82) is 0 Å². The third-order valence-corrected chi connectivity index (χ3v) is 4.89. The van der Waals surface area contributed by atoms with Crippen LogP contribution in [0, 0.1) is 5.92 Å². The molecule has 0 radical (unpaired) electrons. The number of carbonyl (C=O) groups excluding carboxylic acids is 3. The molecule has 1 rings (SSSR count). The lowest BCUT2D eigenvalue weighted by Gasteiger charge is -2.28. The minimum absolute atomic E-state index is 0.0570. The number of rotatable bonds is 10. The van der Waals surface area contributed by atoms with Crippen LogP contribution in [0.3, 0.4) is 0 Å². The van der Waals surface area contributed by atoms with Gasteiger partial charge in [0.2, 0.25) is 17.7 Å². The second kappa shape index (κ2) is 11.2. The fourth-order valence-electron chi connectivity index (χ4n) is 3.01. The van der Waals surface area contributed by atoms with E-state index < -0.39 is 54.5 Å². The largest absolute Gasteiger partial charge is 0.480 e. The Kier molecular flexibility index (Phi) is 9.70. The van der Waals surface area contributed by atoms with E-state index in [0.717, 1.165) is 4.90 Å². The Hall–Kier alpha value is -1.85. The predicted molar refractivity (Wildman–Crippen MR) is 105 cm³/mol. The Morgan fingerprint density at radius 1 is 1.18 bits per heavy atom. The van der Waals surface area contributed by atoms with Gasteiger partial charge in [-0.05, 0) is 25.2 Å². The molecule has 0 aliphatic carbocycles. The normalized spacial score (nSPS) is 19.8. The number of carboxylic acids is 1. The van der Waals surface area contributed by atoms with Gasteiger partial charge in [-0.3, -0.25) is 14.4 Å². The molecule has 0 aromatic carbocycles. The van der Waals surface area contributed by atoms with Gasteiger partial charge < -0.3 is 31.5 Å². The summed E-state index contributed by atoms with van der Waals surface area (Å²) in [5, 5.41) is 23.8. The number of nitrogens with one attached hydrogen (secondary N) is 2. The number of aliphatic carboxylic acids is 1. The van der Waals surface area contributed by atoms with Crippen LogP contribution in [-0.2, 0) is 19.2 Å². The van der Waals surface area contributed by atoms with Crippen molar-refractivity contribution in [3.05, 3.63) is 0 Å². The SMILES string of the molecule is CC(C)CC(NC(=O)C(N)CS)C(=O)NC(CO)C(=O)N1CCCC1C(=O)O. The molecule has 6 N–H and O–H groups in total. The van der Waals surface area contributed by atoms with E-state index in [9.17, 15) is 29.4 Å². The van der Waals surface area contributed by atoms with Crippen molar-refractivity contribution in [3.8, 4) is 0 Å². The molecule has 0 bridgehead atoms. The molecule has 4 unspecified atom stereocenters. The van der Waals surface area contributed by atoms with Crippen molar-refractivity contribution in [2.45, 2.75) is 57.3 Å². The van der Waals surface area contributed by atoms with Gasteiger partial charge in [0, 0.05) is 12.3 Å². The Labute approximate surface area is 169 Å². The first-order chi connectivity index (χ1) is 13.1. The number of nitrogens with zero attached hydrogens (tertiary/aromatic N) is 1. The molecule has 28 heavy (non-hydrogen) atoms. The van der Waals surface area contributed by atoms with E-state index in [0.29, 0.717) is 19.3 Å². The molecule has 0 aromatic heterocycles. The van der Waals surface area contributed by atoms with E-state index in [1.807, 2.05) is 13.8 Å². The van der Waals surface area contributed by atoms with E-state index in [-0.39, 0.29) is 18.2 Å². The average molecular weight is 419 g/mol. The zero-order chi connectivity index (χ0) is 21.4. The number of carboxylic acid groups (broad SMARTS) is 1. The Balaban J connectivity index is 2.85. The zero-order valence-corrected chi connectivity index (χ0v) is 17.0. The summed E-state index contributed by atoms with van der Waals surface area (Å²) in [4.78, 5) is 49.7. The quantitative estimate of drug-likeness (QED) is 0.231. The number of nitrogens with two attached hydrogens (primary N) is 1. The number of aliphatic hydroxyl groups is 1. The maximum absolute atomic E-state index is 12.6. The summed E-state index contributed by atoms with van der Waals surface area (Å²) in [6, 6.07) is -4.10. The van der Waals surface area contributed by atoms with Crippen LogP contribution in [0.5, 0.6) is 0 Å². The van der Waals surface area contributed by atoms with Crippen LogP contribution in [0.2, 0.25) is 0 Å². The number of aliphatic hydroxyl groups excluding tert-OH is 1. The highest BCUT2D eigenvalue weighted by Crippen LogP contribution is 2.18. The van der Waals surface area contributed by atoms with Crippen LogP contribution in [0.1, 0.15) is 33.1 Å². The minimum atomic E-state index is -1.29. The van der Waals surface area contributed by atoms with Gasteiger partial charge in [-0.25, -0.2) is 4.79 Å². The smallest absolute Gasteiger partial charge is 0.326 e. The van der Waals surface area contributed by atoms with Gasteiger partial charge in [0.15, 0.2) is 0 Å². The van der Waals surface area contributed by atoms with Crippen molar-refractivity contribution in [3.63, 3.8) is 0 Å². The molecule has 1 heterocycles. The summed E-state index contributed by atoms with van der Waals surface area (Å²) in [7, 11) is 0. The van der Waals surface area contributed by atoms with Crippen LogP contribution in [-0.4, -0.2) is 81.9 Å². The molecule has 1 saturated heterocycles. The highest BCUT2D eigenvalue weighted by molar-refractivity contribution is 7.80. The molecule has 3 amide bonds. The minimum Gasteiger partial charge on any atom is -0.480 e. The van der Waals surface area contributed by atoms with Crippen molar-refractivity contribution in [2.24, 2.45) is 11.7 Å². The zero-order valence-electron chi connectivity index (χ0n) is 16.1. The molecule has 10 nitrogen and oxygen atoms in total. The summed E-state index contributed by atoms with van der Waals surface area (Å²) in [6.45, 7) is 3.28. The van der Waals surface area contributed by atoms with Crippen molar-refractivity contribution >= 4 is 36.3 Å². The first kappa shape index (κ1) is 24.2. The van der Waals surface area contributed by atoms with E-state index in [1.165, 1.54) is 0 Å². The molecular weight excluding hydrogens is 388 g/mol. The molecule has 0 spiro atoms. The first-order valence-corrected chi connectivity index (χ1v) is 9.86. The van der Waals surface area contributed by atoms with Gasteiger partial charge in [0.1, 0.15) is 18.1 Å². The molecular formula is C17H30N4O6S. The maximum Gasteiger partial charge on any atom is 0.326 e. The van der Waals surface area contributed by atoms with E-state index in [2.05, 4.69) is 23.3 Å². The number of amides is 3. The topological polar surface area (TPSA) is 162 Å². The van der Waals surface area contributed by atoms with E-state index in [4.69, 9.17) is 5.73 Å². The van der Waals surface area contributed by atoms with Crippen LogP contribution in [0.4, 0.5) is 0 Å². The molecule has 1 fully saturated rings. The molecule has 11 heteroatoms. The van der Waals surface area contributed by atoms with E-state index in [1.54, 1.807) is 0 Å². The summed E-state index contributed by atoms with van der Waals surface area (Å²) >= 11 is 3.95. The second-order valence-electron chi connectivity index (χ2n) is 7.25. The standard InChI is InChI=1S/C17H30N4O6S/c1-9(2)6-11(19-14(23)10(18)8-28)15(24)20-12(7-22)16(25)21-5-3-4-13(21)17(26)27/h9-13,22,28H,3-8,18H2,1-2H3,(H,19,23)(H,20,24)(H,26,27). The molecule has 0 aromatic rings. The lowest BCUT2D eigenvalue weighted by molar-refractivity contribution is -0.150. The number of hydrogen-bond donors (Lipinski definition) is 6. The maximum atomic E-state index is 12.6. The van der Waals surface area contributed by atoms with Gasteiger partial charge in [-0.15, -0.1) is 0 Å². The van der Waals surface area contributed by atoms with Crippen LogP contribution >= 0.6 is 12.6 Å². The Bertz CT molecular complexity index is 588. The monoisotopic (exact) mass is 418 g/mol. The van der Waals surface area contributed by atoms with Gasteiger partial charge in [-0.1, -0.05) is 13.8 Å². The molecule has 0 saturated carbocycles. The van der Waals surface area contributed by atoms with Crippen molar-refractivity contribution < 1.29 is 29.4 Å². The van der Waals surface area contributed by atoms with Gasteiger partial charge in [0.25, 0.3) is 0 Å². The average Bonchev–Trinajstić information content (AvgIpc) is 3.13. The van der Waals surface area contributed by atoms with Crippen LogP contribution < -0.4 is 16.4 Å². The lowest BCUT2D eigenvalue weighted by Crippen LogP contribution is -2.58. The van der Waals surface area contributed by atoms with E-state index >= 15 is 0 Å². The Morgan fingerprint density at radius 2 is 1.79 bits per heavy atom. The summed E-state index contributed by atoms with van der Waals surface area (Å²) in [5.74, 6) is -2.82. The van der Waals surface area contributed by atoms with Crippen LogP contribution in [0.15, 0.2) is 0 Å². The van der Waals surface area contributed by atoms with Gasteiger partial charge in [0.05, 0.1) is 12.6 Å². The Morgan fingerprint density at radius 3 is 2.29 bits per heavy atom. The molecule has 1 aliphatic heterocycles. The third-order valence-electron chi connectivity index (χ3n) is 4.49. The number of thiol groups is 1. The fourth-order valence-corrected chi connectivity index (χ4v) is 3.18. The molecule has 160 valence electrons. The second-order valence-corrected chi connectivity index (χ2v) is 7.62. The van der Waals surface area contributed by atoms with Crippen molar-refractivity contribution in [1.82, 2.24) is 15.5 Å². The summed E-state index contributed by atoms with van der Waals surface area (Å²) in [6.07, 6.45) is 1.15. The van der Waals surface area contributed by atoms with Gasteiger partial charge in [-0.2, -0.15) is 12.6 Å². The summed E-state index contributed by atoms with van der Waals surface area (Å²) in [5.41, 5.74) is 5.62. The number of carbonyl (C=O) groups is 4. The molecule has 1 aliphatic rings. The van der Waals surface area contributed by atoms with Crippen molar-refractivity contribution in [2.75, 3.05) is 18.9 Å². The number of likely N-dealkylation sites (tertiary alicyclic amines) is 1. The fraction of sp³-hybridized carbons (Fsp3) is 0.765. The summed E-state index contributed by atoms with van der Waals surface area (Å²) < 4.78 is 0.